The zero-order valence-electron chi connectivity index (χ0n) is 8.49. The molecule has 0 aromatic heterocycles. The smallest absolute Gasteiger partial charge is 0.251 e. The van der Waals surface area contributed by atoms with E-state index in [1.54, 1.807) is 25.3 Å². The zero-order valence-corrected chi connectivity index (χ0v) is 8.49. The number of nitrogens with one attached hydrogen (secondary N) is 1. The first-order valence-electron chi connectivity index (χ1n) is 4.86. The molecule has 1 amide bonds. The van der Waals surface area contributed by atoms with Crippen LogP contribution < -0.4 is 10.1 Å². The molecule has 0 spiro atoms. The Hall–Kier alpha value is -1.55. The monoisotopic (exact) mass is 207 g/mol. The van der Waals surface area contributed by atoms with Crippen molar-refractivity contribution in [1.29, 1.82) is 0 Å². The molecule has 1 aromatic rings. The van der Waals surface area contributed by atoms with Crippen LogP contribution in [-0.4, -0.2) is 24.7 Å². The van der Waals surface area contributed by atoms with E-state index in [4.69, 9.17) is 4.74 Å². The molecule has 0 saturated carbocycles. The maximum atomic E-state index is 11.6. The van der Waals surface area contributed by atoms with Crippen LogP contribution in [0.15, 0.2) is 18.2 Å². The Morgan fingerprint density at radius 3 is 3.07 bits per heavy atom. The molecule has 0 radical (unpaired) electrons. The fourth-order valence-corrected chi connectivity index (χ4v) is 1.72. The van der Waals surface area contributed by atoms with Gasteiger partial charge in [0.2, 0.25) is 0 Å². The van der Waals surface area contributed by atoms with Gasteiger partial charge in [-0.15, -0.1) is 0 Å². The number of carbonyl (C=O) groups excluding carboxylic acids is 1. The van der Waals surface area contributed by atoms with E-state index in [1.165, 1.54) is 0 Å². The highest BCUT2D eigenvalue weighted by Gasteiger charge is 2.21. The van der Waals surface area contributed by atoms with Gasteiger partial charge in [0.25, 0.3) is 5.91 Å². The fraction of sp³-hybridized carbons (Fsp3) is 0.364. The molecule has 4 heteroatoms. The molecule has 1 aliphatic heterocycles. The van der Waals surface area contributed by atoms with Crippen LogP contribution in [0.4, 0.5) is 0 Å². The number of aliphatic hydroxyl groups is 1. The van der Waals surface area contributed by atoms with Gasteiger partial charge in [0, 0.05) is 12.1 Å². The summed E-state index contributed by atoms with van der Waals surface area (Å²) in [6.07, 6.45) is -0.0321. The van der Waals surface area contributed by atoms with Crippen LogP contribution in [0.2, 0.25) is 0 Å². The molecule has 1 aliphatic rings. The quantitative estimate of drug-likeness (QED) is 0.718. The fourth-order valence-electron chi connectivity index (χ4n) is 1.72. The number of hydrogen-bond acceptors (Lipinski definition) is 3. The summed E-state index contributed by atoms with van der Waals surface area (Å²) in [5.74, 6) is 0.471. The molecule has 1 aromatic carbocycles. The Kier molecular flexibility index (Phi) is 2.60. The van der Waals surface area contributed by atoms with E-state index >= 15 is 0 Å². The molecular formula is C11H13NO3. The van der Waals surface area contributed by atoms with E-state index in [0.29, 0.717) is 29.8 Å². The number of amides is 1. The summed E-state index contributed by atoms with van der Waals surface area (Å²) in [6.45, 7) is 0.497. The summed E-state index contributed by atoms with van der Waals surface area (Å²) in [5, 5.41) is 12.5. The van der Waals surface area contributed by atoms with E-state index in [2.05, 4.69) is 5.32 Å². The van der Waals surface area contributed by atoms with Crippen molar-refractivity contribution in [3.05, 3.63) is 29.3 Å². The van der Waals surface area contributed by atoms with Gasteiger partial charge in [-0.05, 0) is 24.1 Å². The molecule has 1 heterocycles. The number of benzene rings is 1. The van der Waals surface area contributed by atoms with Crippen LogP contribution in [0.5, 0.6) is 5.75 Å². The lowest BCUT2D eigenvalue weighted by Crippen LogP contribution is -2.22. The van der Waals surface area contributed by atoms with E-state index in [-0.39, 0.29) is 5.91 Å². The molecular weight excluding hydrogens is 194 g/mol. The normalized spacial score (nSPS) is 20.1. The average Bonchev–Trinajstić information content (AvgIpc) is 2.40. The molecule has 0 bridgehead atoms. The van der Waals surface area contributed by atoms with Crippen molar-refractivity contribution in [2.24, 2.45) is 0 Å². The number of rotatable bonds is 1. The minimum Gasteiger partial charge on any atom is -0.497 e. The van der Waals surface area contributed by atoms with Crippen LogP contribution in [0.3, 0.4) is 0 Å². The minimum absolute atomic E-state index is 0.152. The van der Waals surface area contributed by atoms with Crippen LogP contribution in [0.1, 0.15) is 28.4 Å². The average molecular weight is 207 g/mol. The molecule has 15 heavy (non-hydrogen) atoms. The molecule has 1 atom stereocenters. The highest BCUT2D eigenvalue weighted by atomic mass is 16.5. The molecule has 2 rings (SSSR count). The van der Waals surface area contributed by atoms with Gasteiger partial charge in [-0.3, -0.25) is 4.79 Å². The number of methoxy groups -OCH3 is 1. The second kappa shape index (κ2) is 3.90. The maximum Gasteiger partial charge on any atom is 0.251 e. The van der Waals surface area contributed by atoms with Crippen molar-refractivity contribution in [2.75, 3.05) is 13.7 Å². The first kappa shape index (κ1) is 9.98. The van der Waals surface area contributed by atoms with E-state index in [9.17, 15) is 9.90 Å². The number of hydrogen-bond donors (Lipinski definition) is 2. The lowest BCUT2D eigenvalue weighted by molar-refractivity contribution is 0.0955. The highest BCUT2D eigenvalue weighted by molar-refractivity contribution is 5.96. The third-order valence-corrected chi connectivity index (χ3v) is 2.57. The van der Waals surface area contributed by atoms with Crippen molar-refractivity contribution in [3.8, 4) is 5.75 Å². The molecule has 0 saturated heterocycles. The zero-order chi connectivity index (χ0) is 10.8. The summed E-state index contributed by atoms with van der Waals surface area (Å²) < 4.78 is 5.04. The van der Waals surface area contributed by atoms with Crippen LogP contribution in [0, 0.1) is 0 Å². The Morgan fingerprint density at radius 1 is 1.53 bits per heavy atom. The molecule has 0 aliphatic carbocycles. The second-order valence-electron chi connectivity index (χ2n) is 3.51. The SMILES string of the molecule is COc1ccc2c(c1)C(=O)NCCC2O. The van der Waals surface area contributed by atoms with E-state index < -0.39 is 6.10 Å². The number of ether oxygens (including phenoxy) is 1. The predicted octanol–water partition coefficient (Wildman–Crippen LogP) is 0.862. The van der Waals surface area contributed by atoms with Crippen molar-refractivity contribution >= 4 is 5.91 Å². The molecule has 0 fully saturated rings. The summed E-state index contributed by atoms with van der Waals surface area (Å²) >= 11 is 0. The second-order valence-corrected chi connectivity index (χ2v) is 3.51. The van der Waals surface area contributed by atoms with Crippen LogP contribution in [-0.2, 0) is 0 Å². The van der Waals surface area contributed by atoms with Gasteiger partial charge >= 0.3 is 0 Å². The first-order chi connectivity index (χ1) is 7.22. The van der Waals surface area contributed by atoms with Crippen molar-refractivity contribution in [1.82, 2.24) is 5.32 Å². The van der Waals surface area contributed by atoms with Gasteiger partial charge in [-0.1, -0.05) is 6.07 Å². The largest absolute Gasteiger partial charge is 0.497 e. The van der Waals surface area contributed by atoms with Crippen molar-refractivity contribution < 1.29 is 14.6 Å². The Morgan fingerprint density at radius 2 is 2.33 bits per heavy atom. The van der Waals surface area contributed by atoms with Crippen LogP contribution in [0.25, 0.3) is 0 Å². The first-order valence-corrected chi connectivity index (χ1v) is 4.86. The van der Waals surface area contributed by atoms with Gasteiger partial charge in [0.1, 0.15) is 5.75 Å². The van der Waals surface area contributed by atoms with Gasteiger partial charge in [-0.2, -0.15) is 0 Å². The third kappa shape index (κ3) is 1.80. The van der Waals surface area contributed by atoms with Gasteiger partial charge in [-0.25, -0.2) is 0 Å². The van der Waals surface area contributed by atoms with Gasteiger partial charge < -0.3 is 15.2 Å². The number of aliphatic hydroxyl groups excluding tert-OH is 1. The van der Waals surface area contributed by atoms with Gasteiger partial charge in [0.15, 0.2) is 0 Å². The lowest BCUT2D eigenvalue weighted by Gasteiger charge is -2.10. The van der Waals surface area contributed by atoms with Gasteiger partial charge in [0.05, 0.1) is 13.2 Å². The molecule has 1 unspecified atom stereocenters. The van der Waals surface area contributed by atoms with E-state index in [1.807, 2.05) is 0 Å². The van der Waals surface area contributed by atoms with E-state index in [0.717, 1.165) is 0 Å². The Bertz CT molecular complexity index is 389. The standard InChI is InChI=1S/C11H13NO3/c1-15-7-2-3-8-9(6-7)11(14)12-5-4-10(8)13/h2-3,6,10,13H,4-5H2,1H3,(H,12,14). The Labute approximate surface area is 87.9 Å². The summed E-state index contributed by atoms with van der Waals surface area (Å²) in [7, 11) is 1.55. The Balaban J connectivity index is 2.50. The highest BCUT2D eigenvalue weighted by Crippen LogP contribution is 2.26. The number of fused-ring (bicyclic) bond motifs is 1. The summed E-state index contributed by atoms with van der Waals surface area (Å²) in [5.41, 5.74) is 1.17. The number of carbonyl (C=O) groups is 1. The topological polar surface area (TPSA) is 58.6 Å². The van der Waals surface area contributed by atoms with Crippen LogP contribution >= 0.6 is 0 Å². The maximum absolute atomic E-state index is 11.6. The predicted molar refractivity (Wildman–Crippen MR) is 54.9 cm³/mol. The minimum atomic E-state index is -0.579. The molecule has 2 N–H and O–H groups in total. The third-order valence-electron chi connectivity index (χ3n) is 2.57. The van der Waals surface area contributed by atoms with Crippen molar-refractivity contribution in [2.45, 2.75) is 12.5 Å². The van der Waals surface area contributed by atoms with Crippen molar-refractivity contribution in [3.63, 3.8) is 0 Å². The molecule has 4 nitrogen and oxygen atoms in total. The summed E-state index contributed by atoms with van der Waals surface area (Å²) in [4.78, 5) is 11.6. The lowest BCUT2D eigenvalue weighted by atomic mass is 10.0. The summed E-state index contributed by atoms with van der Waals surface area (Å²) in [6, 6.07) is 5.14. The molecule has 80 valence electrons.